The van der Waals surface area contributed by atoms with E-state index in [2.05, 4.69) is 0 Å². The van der Waals surface area contributed by atoms with E-state index in [1.54, 1.807) is 0 Å². The van der Waals surface area contributed by atoms with E-state index >= 15 is 0 Å². The summed E-state index contributed by atoms with van der Waals surface area (Å²) in [5.74, 6) is 0.377. The van der Waals surface area contributed by atoms with Crippen LogP contribution in [0, 0.1) is 12.3 Å². The second-order valence-corrected chi connectivity index (χ2v) is 9.72. The summed E-state index contributed by atoms with van der Waals surface area (Å²) in [6, 6.07) is 6.33. The molecule has 0 aliphatic heterocycles. The molecule has 1 unspecified atom stereocenters. The fourth-order valence-corrected chi connectivity index (χ4v) is 3.52. The Labute approximate surface area is 145 Å². The summed E-state index contributed by atoms with van der Waals surface area (Å²) in [5.41, 5.74) is 2.30. The topological polar surface area (TPSA) is 32.6 Å². The van der Waals surface area contributed by atoms with Crippen LogP contribution in [0.2, 0.25) is 0 Å². The summed E-state index contributed by atoms with van der Waals surface area (Å²) in [7, 11) is 9.87. The second-order valence-electron chi connectivity index (χ2n) is 5.99. The monoisotopic (exact) mass is 403 g/mol. The second kappa shape index (κ2) is 8.13. The number of aryl methyl sites for hydroxylation is 1. The first-order valence-corrected chi connectivity index (χ1v) is 13.7. The standard InChI is InChI=1S/C16H21NO.2ClH.Zr/c1-12-5-2-6-13(15(12)18)11-17-14-7-3-8-16(14)9-4-10-16;;;/h2,5-6,11,14,18H,3-4,7-10H2,1H3;2*1H;/q;;;+2/p-2. The molecule has 2 nitrogen and oxygen atoms in total. The molecule has 2 saturated carbocycles. The summed E-state index contributed by atoms with van der Waals surface area (Å²) in [6.45, 7) is 1.93. The van der Waals surface area contributed by atoms with E-state index in [9.17, 15) is 5.11 Å². The van der Waals surface area contributed by atoms with Crippen LogP contribution in [-0.2, 0) is 20.8 Å². The first-order valence-electron chi connectivity index (χ1n) is 7.41. The number of para-hydroxylation sites is 1. The summed E-state index contributed by atoms with van der Waals surface area (Å²) in [6.07, 6.45) is 9.88. The van der Waals surface area contributed by atoms with Crippen molar-refractivity contribution in [1.82, 2.24) is 0 Å². The zero-order valence-electron chi connectivity index (χ0n) is 12.3. The van der Waals surface area contributed by atoms with Gasteiger partial charge in [-0.05, 0) is 49.7 Å². The van der Waals surface area contributed by atoms with Crippen molar-refractivity contribution in [1.29, 1.82) is 0 Å². The summed E-state index contributed by atoms with van der Waals surface area (Å²) < 4.78 is 0. The fraction of sp³-hybridized carbons (Fsp3) is 0.562. The zero-order chi connectivity index (χ0) is 15.3. The van der Waals surface area contributed by atoms with Gasteiger partial charge < -0.3 is 5.11 Å². The Hall–Kier alpha value is 0.153. The molecule has 21 heavy (non-hydrogen) atoms. The van der Waals surface area contributed by atoms with Crippen molar-refractivity contribution in [3.05, 3.63) is 29.3 Å². The van der Waals surface area contributed by atoms with Crippen molar-refractivity contribution in [3.63, 3.8) is 0 Å². The number of aromatic hydroxyl groups is 1. The molecule has 1 aromatic rings. The number of hydrogen-bond acceptors (Lipinski definition) is 2. The normalized spacial score (nSPS) is 22.7. The molecule has 2 aliphatic rings. The van der Waals surface area contributed by atoms with Crippen LogP contribution in [0.15, 0.2) is 23.2 Å². The minimum absolute atomic E-state index is 0.377. The average Bonchev–Trinajstić information content (AvgIpc) is 2.85. The molecular weight excluding hydrogens is 384 g/mol. The number of nitrogens with zero attached hydrogens (tertiary/aromatic N) is 1. The van der Waals surface area contributed by atoms with Crippen LogP contribution in [0.4, 0.5) is 0 Å². The molecule has 1 spiro atoms. The van der Waals surface area contributed by atoms with Gasteiger partial charge in [-0.2, -0.15) is 0 Å². The maximum absolute atomic E-state index is 9.98. The quantitative estimate of drug-likeness (QED) is 0.673. The van der Waals surface area contributed by atoms with Crippen LogP contribution in [0.1, 0.15) is 49.7 Å². The van der Waals surface area contributed by atoms with Gasteiger partial charge in [0.1, 0.15) is 5.75 Å². The Bertz CT molecular complexity index is 503. The summed E-state index contributed by atoms with van der Waals surface area (Å²) in [4.78, 5) is 4.79. The molecule has 5 heteroatoms. The third-order valence-electron chi connectivity index (χ3n) is 4.87. The molecule has 1 atom stereocenters. The van der Waals surface area contributed by atoms with E-state index in [1.807, 2.05) is 31.3 Å². The van der Waals surface area contributed by atoms with Gasteiger partial charge in [0.15, 0.2) is 0 Å². The Morgan fingerprint density at radius 2 is 1.95 bits per heavy atom. The molecule has 0 bridgehead atoms. The Morgan fingerprint density at radius 3 is 2.57 bits per heavy atom. The van der Waals surface area contributed by atoms with E-state index in [0.29, 0.717) is 17.2 Å². The van der Waals surface area contributed by atoms with Crippen LogP contribution in [0.5, 0.6) is 5.75 Å². The summed E-state index contributed by atoms with van der Waals surface area (Å²) in [5, 5.41) is 9.98. The predicted molar refractivity (Wildman–Crippen MR) is 86.1 cm³/mol. The van der Waals surface area contributed by atoms with Gasteiger partial charge in [0, 0.05) is 11.8 Å². The van der Waals surface area contributed by atoms with Crippen LogP contribution >= 0.6 is 17.0 Å². The van der Waals surface area contributed by atoms with Gasteiger partial charge in [-0.15, -0.1) is 0 Å². The molecule has 1 N–H and O–H groups in total. The van der Waals surface area contributed by atoms with E-state index in [1.165, 1.54) is 38.5 Å². The van der Waals surface area contributed by atoms with E-state index in [4.69, 9.17) is 22.0 Å². The van der Waals surface area contributed by atoms with Crippen molar-refractivity contribution in [2.24, 2.45) is 10.4 Å². The SMILES string of the molecule is Cc1cccc(C=NC2CCCC23CCC3)c1O.[Cl][Zr][Cl]. The van der Waals surface area contributed by atoms with Gasteiger partial charge in [0.2, 0.25) is 0 Å². The number of aliphatic imine (C=N–C) groups is 1. The van der Waals surface area contributed by atoms with Crippen LogP contribution < -0.4 is 0 Å². The molecule has 0 heterocycles. The Kier molecular flexibility index (Phi) is 6.78. The molecular formula is C16H21Cl2NOZr. The Balaban J connectivity index is 0.000000497. The van der Waals surface area contributed by atoms with Gasteiger partial charge in [0.25, 0.3) is 0 Å². The van der Waals surface area contributed by atoms with Gasteiger partial charge in [-0.3, -0.25) is 4.99 Å². The molecule has 3 rings (SSSR count). The molecule has 0 amide bonds. The van der Waals surface area contributed by atoms with Gasteiger partial charge in [0.05, 0.1) is 6.04 Å². The number of benzene rings is 1. The summed E-state index contributed by atoms with van der Waals surface area (Å²) >= 11 is -0.826. The van der Waals surface area contributed by atoms with Crippen molar-refractivity contribution in [3.8, 4) is 5.75 Å². The number of halogens is 2. The molecule has 1 aromatic carbocycles. The molecule has 0 aromatic heterocycles. The van der Waals surface area contributed by atoms with Crippen LogP contribution in [0.3, 0.4) is 0 Å². The molecule has 2 fully saturated rings. The van der Waals surface area contributed by atoms with Crippen LogP contribution in [0.25, 0.3) is 0 Å². The van der Waals surface area contributed by atoms with Crippen molar-refractivity contribution in [2.45, 2.75) is 51.5 Å². The number of rotatable bonds is 2. The van der Waals surface area contributed by atoms with Gasteiger partial charge >= 0.3 is 37.9 Å². The predicted octanol–water partition coefficient (Wildman–Crippen LogP) is 5.22. The third kappa shape index (κ3) is 4.12. The van der Waals surface area contributed by atoms with Gasteiger partial charge in [-0.1, -0.05) is 25.0 Å². The first kappa shape index (κ1) is 17.5. The molecule has 2 aliphatic carbocycles. The van der Waals surface area contributed by atoms with Crippen molar-refractivity contribution >= 4 is 23.2 Å². The van der Waals surface area contributed by atoms with E-state index in [0.717, 1.165) is 11.1 Å². The number of phenolic OH excluding ortho intramolecular Hbond substituents is 1. The number of phenols is 1. The third-order valence-corrected chi connectivity index (χ3v) is 4.87. The molecule has 0 radical (unpaired) electrons. The first-order chi connectivity index (χ1) is 10.1. The van der Waals surface area contributed by atoms with Crippen LogP contribution in [-0.4, -0.2) is 17.4 Å². The molecule has 0 saturated heterocycles. The average molecular weight is 405 g/mol. The maximum atomic E-state index is 9.98. The molecule has 114 valence electrons. The van der Waals surface area contributed by atoms with Gasteiger partial charge in [-0.25, -0.2) is 0 Å². The van der Waals surface area contributed by atoms with Crippen molar-refractivity contribution in [2.75, 3.05) is 0 Å². The Morgan fingerprint density at radius 1 is 1.29 bits per heavy atom. The zero-order valence-corrected chi connectivity index (χ0v) is 16.2. The van der Waals surface area contributed by atoms with Crippen molar-refractivity contribution < 1.29 is 26.0 Å². The fourth-order valence-electron chi connectivity index (χ4n) is 3.52. The minimum atomic E-state index is -0.826. The van der Waals surface area contributed by atoms with E-state index < -0.39 is 20.8 Å². The van der Waals surface area contributed by atoms with E-state index in [-0.39, 0.29) is 0 Å². The number of hydrogen-bond donors (Lipinski definition) is 1.